The molecule has 0 aliphatic carbocycles. The highest BCUT2D eigenvalue weighted by Gasteiger charge is 2.27. The first-order valence-corrected chi connectivity index (χ1v) is 11.0. The number of hydrogen-bond donors (Lipinski definition) is 2. The lowest BCUT2D eigenvalue weighted by molar-refractivity contribution is 0.0601. The van der Waals surface area contributed by atoms with Gasteiger partial charge in [-0.25, -0.2) is 4.79 Å². The van der Waals surface area contributed by atoms with Crippen LogP contribution in [0.4, 0.5) is 5.00 Å². The van der Waals surface area contributed by atoms with Crippen LogP contribution in [0.2, 0.25) is 0 Å². The Bertz CT molecular complexity index is 1220. The van der Waals surface area contributed by atoms with Crippen molar-refractivity contribution in [2.45, 2.75) is 19.9 Å². The third kappa shape index (κ3) is 4.54. The highest BCUT2D eigenvalue weighted by Crippen LogP contribution is 2.36. The summed E-state index contributed by atoms with van der Waals surface area (Å²) in [5, 5.41) is 5.91. The highest BCUT2D eigenvalue weighted by atomic mass is 32.1. The number of anilines is 1. The van der Waals surface area contributed by atoms with Crippen LogP contribution in [-0.4, -0.2) is 31.7 Å². The molecule has 2 N–H and O–H groups in total. The fourth-order valence-electron chi connectivity index (χ4n) is 3.47. The van der Waals surface area contributed by atoms with E-state index in [1.807, 2.05) is 37.3 Å². The van der Waals surface area contributed by atoms with Crippen molar-refractivity contribution in [1.82, 2.24) is 5.32 Å². The molecule has 2 amide bonds. The Kier molecular flexibility index (Phi) is 6.32. The van der Waals surface area contributed by atoms with Gasteiger partial charge in [0.1, 0.15) is 5.00 Å². The maximum atomic E-state index is 13.0. The number of fused-ring (bicyclic) bond motifs is 1. The van der Waals surface area contributed by atoms with Crippen LogP contribution in [0.15, 0.2) is 48.5 Å². The second-order valence-electron chi connectivity index (χ2n) is 7.38. The third-order valence-corrected chi connectivity index (χ3v) is 6.46. The lowest BCUT2D eigenvalue weighted by Crippen LogP contribution is -2.26. The van der Waals surface area contributed by atoms with Crippen molar-refractivity contribution in [2.24, 2.45) is 0 Å². The minimum absolute atomic E-state index is 0.0941. The molecular weight excluding hydrogens is 444 g/mol. The molecule has 9 heteroatoms. The molecule has 2 heterocycles. The van der Waals surface area contributed by atoms with E-state index in [2.05, 4.69) is 10.6 Å². The number of benzene rings is 2. The Labute approximate surface area is 194 Å². The first kappa shape index (κ1) is 22.3. The lowest BCUT2D eigenvalue weighted by Gasteiger charge is -2.14. The molecule has 33 heavy (non-hydrogen) atoms. The van der Waals surface area contributed by atoms with E-state index in [1.54, 1.807) is 25.1 Å². The van der Waals surface area contributed by atoms with Gasteiger partial charge in [0, 0.05) is 5.56 Å². The van der Waals surface area contributed by atoms with Gasteiger partial charge in [0.05, 0.1) is 23.6 Å². The van der Waals surface area contributed by atoms with E-state index < -0.39 is 11.9 Å². The Morgan fingerprint density at radius 2 is 1.76 bits per heavy atom. The van der Waals surface area contributed by atoms with Gasteiger partial charge >= 0.3 is 5.97 Å². The van der Waals surface area contributed by atoms with Crippen LogP contribution in [-0.2, 0) is 4.74 Å². The smallest absolute Gasteiger partial charge is 0.341 e. The van der Waals surface area contributed by atoms with Crippen molar-refractivity contribution >= 4 is 34.1 Å². The molecule has 8 nitrogen and oxygen atoms in total. The van der Waals surface area contributed by atoms with Crippen LogP contribution in [0, 0.1) is 6.92 Å². The van der Waals surface area contributed by atoms with E-state index in [1.165, 1.54) is 7.11 Å². The quantitative estimate of drug-likeness (QED) is 0.525. The first-order valence-electron chi connectivity index (χ1n) is 10.2. The third-order valence-electron chi connectivity index (χ3n) is 5.25. The molecule has 1 atom stereocenters. The molecule has 1 aliphatic heterocycles. The number of ether oxygens (including phenoxy) is 3. The summed E-state index contributed by atoms with van der Waals surface area (Å²) in [5.74, 6) is -0.416. The highest BCUT2D eigenvalue weighted by molar-refractivity contribution is 7.18. The fraction of sp³-hybridized carbons (Fsp3) is 0.208. The van der Waals surface area contributed by atoms with Gasteiger partial charge in [-0.1, -0.05) is 30.3 Å². The summed E-state index contributed by atoms with van der Waals surface area (Å²) in [7, 11) is 1.25. The molecule has 0 fully saturated rings. The van der Waals surface area contributed by atoms with Crippen molar-refractivity contribution in [3.63, 3.8) is 0 Å². The summed E-state index contributed by atoms with van der Waals surface area (Å²) in [6, 6.07) is 14.1. The van der Waals surface area contributed by atoms with Gasteiger partial charge in [-0.2, -0.15) is 0 Å². The topological polar surface area (TPSA) is 103 Å². The molecule has 0 radical (unpaired) electrons. The van der Waals surface area contributed by atoms with E-state index in [9.17, 15) is 14.4 Å². The van der Waals surface area contributed by atoms with Crippen LogP contribution in [0.25, 0.3) is 0 Å². The Balaban J connectivity index is 1.60. The van der Waals surface area contributed by atoms with E-state index in [0.717, 1.165) is 16.9 Å². The van der Waals surface area contributed by atoms with Crippen LogP contribution in [0.1, 0.15) is 54.5 Å². The predicted molar refractivity (Wildman–Crippen MR) is 123 cm³/mol. The molecule has 0 spiro atoms. The Morgan fingerprint density at radius 3 is 2.48 bits per heavy atom. The zero-order valence-corrected chi connectivity index (χ0v) is 19.1. The number of esters is 1. The average Bonchev–Trinajstić information content (AvgIpc) is 3.42. The number of carbonyl (C=O) groups excluding carboxylic acids is 3. The summed E-state index contributed by atoms with van der Waals surface area (Å²) >= 11 is 1.02. The molecule has 0 saturated carbocycles. The standard InChI is InChI=1S/C24H22N2O6S/c1-13-19(24(29)30-3)23(26-21(27)16-9-10-17-18(11-16)32-12-31-17)33-20(13)22(28)25-14(2)15-7-5-4-6-8-15/h4-11,14H,12H2,1-3H3,(H,25,28)(H,26,27). The molecule has 1 unspecified atom stereocenters. The Hall–Kier alpha value is -3.85. The summed E-state index contributed by atoms with van der Waals surface area (Å²) in [6.45, 7) is 3.62. The molecule has 3 aromatic rings. The summed E-state index contributed by atoms with van der Waals surface area (Å²) in [6.07, 6.45) is 0. The van der Waals surface area contributed by atoms with Gasteiger partial charge in [-0.15, -0.1) is 11.3 Å². The number of hydrogen-bond acceptors (Lipinski definition) is 7. The molecular formula is C24H22N2O6S. The zero-order chi connectivity index (χ0) is 23.5. The molecule has 170 valence electrons. The largest absolute Gasteiger partial charge is 0.465 e. The van der Waals surface area contributed by atoms with Crippen molar-refractivity contribution in [3.8, 4) is 11.5 Å². The van der Waals surface area contributed by atoms with Gasteiger partial charge in [0.15, 0.2) is 11.5 Å². The van der Waals surface area contributed by atoms with Crippen molar-refractivity contribution in [2.75, 3.05) is 19.2 Å². The second-order valence-corrected chi connectivity index (χ2v) is 8.40. The van der Waals surface area contributed by atoms with Crippen LogP contribution in [0.5, 0.6) is 11.5 Å². The minimum atomic E-state index is -0.639. The maximum Gasteiger partial charge on any atom is 0.341 e. The average molecular weight is 467 g/mol. The number of nitrogens with one attached hydrogen (secondary N) is 2. The maximum absolute atomic E-state index is 13.0. The van der Waals surface area contributed by atoms with Crippen LogP contribution < -0.4 is 20.1 Å². The SMILES string of the molecule is COC(=O)c1c(NC(=O)c2ccc3c(c2)OCO3)sc(C(=O)NC(C)c2ccccc2)c1C. The van der Waals surface area contributed by atoms with E-state index in [-0.39, 0.29) is 29.3 Å². The van der Waals surface area contributed by atoms with Crippen molar-refractivity contribution in [3.05, 3.63) is 75.7 Å². The van der Waals surface area contributed by atoms with E-state index >= 15 is 0 Å². The number of methoxy groups -OCH3 is 1. The molecule has 1 aromatic heterocycles. The fourth-order valence-corrected chi connectivity index (χ4v) is 4.56. The molecule has 0 bridgehead atoms. The van der Waals surface area contributed by atoms with E-state index in [0.29, 0.717) is 27.5 Å². The molecule has 4 rings (SSSR count). The van der Waals surface area contributed by atoms with Gasteiger partial charge in [0.2, 0.25) is 6.79 Å². The summed E-state index contributed by atoms with van der Waals surface area (Å²) in [4.78, 5) is 38.7. The number of rotatable bonds is 6. The first-order chi connectivity index (χ1) is 15.9. The lowest BCUT2D eigenvalue weighted by atomic mass is 10.1. The van der Waals surface area contributed by atoms with Crippen molar-refractivity contribution in [1.29, 1.82) is 0 Å². The predicted octanol–water partition coefficient (Wildman–Crippen LogP) is 4.32. The molecule has 1 aliphatic rings. The minimum Gasteiger partial charge on any atom is -0.465 e. The molecule has 0 saturated heterocycles. The van der Waals surface area contributed by atoms with Crippen molar-refractivity contribution < 1.29 is 28.6 Å². The van der Waals surface area contributed by atoms with E-state index in [4.69, 9.17) is 14.2 Å². The van der Waals surface area contributed by atoms with Gasteiger partial charge in [-0.3, -0.25) is 9.59 Å². The summed E-state index contributed by atoms with van der Waals surface area (Å²) < 4.78 is 15.5. The normalized spacial score (nSPS) is 12.7. The number of carbonyl (C=O) groups is 3. The van der Waals surface area contributed by atoms with Crippen LogP contribution in [0.3, 0.4) is 0 Å². The number of thiophene rings is 1. The summed E-state index contributed by atoms with van der Waals surface area (Å²) in [5.41, 5.74) is 1.86. The van der Waals surface area contributed by atoms with Gasteiger partial charge in [0.25, 0.3) is 11.8 Å². The number of amides is 2. The molecule has 2 aromatic carbocycles. The Morgan fingerprint density at radius 1 is 1.03 bits per heavy atom. The van der Waals surface area contributed by atoms with Gasteiger partial charge < -0.3 is 24.8 Å². The zero-order valence-electron chi connectivity index (χ0n) is 18.3. The monoisotopic (exact) mass is 466 g/mol. The second kappa shape index (κ2) is 9.33. The van der Waals surface area contributed by atoms with Gasteiger partial charge in [-0.05, 0) is 43.2 Å². The van der Waals surface area contributed by atoms with Crippen LogP contribution >= 0.6 is 11.3 Å².